The molecule has 0 spiro atoms. The molecule has 164 valence electrons. The predicted molar refractivity (Wildman–Crippen MR) is 121 cm³/mol. The monoisotopic (exact) mass is 470 g/mol. The van der Waals surface area contributed by atoms with Crippen LogP contribution in [-0.4, -0.2) is 22.7 Å². The molecule has 0 unspecified atom stereocenters. The number of aryl methyl sites for hydroxylation is 1. The SMILES string of the molecule is CC(=O)NCc1ccc(-c2csc(NC(=O)c3sc(NC(=O)c4ccco4)cc3C)n2)o1. The van der Waals surface area contributed by atoms with Gasteiger partial charge in [0.2, 0.25) is 5.91 Å². The Labute approximate surface area is 190 Å². The van der Waals surface area contributed by atoms with E-state index in [4.69, 9.17) is 8.83 Å². The van der Waals surface area contributed by atoms with E-state index < -0.39 is 0 Å². The molecule has 4 heterocycles. The van der Waals surface area contributed by atoms with Gasteiger partial charge in [0, 0.05) is 12.3 Å². The van der Waals surface area contributed by atoms with Crippen molar-refractivity contribution in [3.05, 3.63) is 63.9 Å². The van der Waals surface area contributed by atoms with Gasteiger partial charge in [-0.25, -0.2) is 4.98 Å². The number of carbonyl (C=O) groups excluding carboxylic acids is 3. The maximum absolute atomic E-state index is 12.7. The van der Waals surface area contributed by atoms with E-state index >= 15 is 0 Å². The van der Waals surface area contributed by atoms with Gasteiger partial charge in [-0.15, -0.1) is 22.7 Å². The first-order valence-electron chi connectivity index (χ1n) is 9.44. The number of amides is 3. The van der Waals surface area contributed by atoms with Gasteiger partial charge >= 0.3 is 0 Å². The smallest absolute Gasteiger partial charge is 0.291 e. The summed E-state index contributed by atoms with van der Waals surface area (Å²) in [4.78, 5) is 40.8. The molecule has 0 saturated heterocycles. The van der Waals surface area contributed by atoms with Crippen molar-refractivity contribution in [1.29, 1.82) is 0 Å². The lowest BCUT2D eigenvalue weighted by Gasteiger charge is -2.00. The van der Waals surface area contributed by atoms with Gasteiger partial charge in [0.1, 0.15) is 11.5 Å². The molecule has 0 radical (unpaired) electrons. The van der Waals surface area contributed by atoms with Crippen LogP contribution in [0.4, 0.5) is 10.1 Å². The molecule has 0 atom stereocenters. The van der Waals surface area contributed by atoms with Crippen LogP contribution in [0.2, 0.25) is 0 Å². The normalized spacial score (nSPS) is 10.7. The van der Waals surface area contributed by atoms with Crippen LogP contribution >= 0.6 is 22.7 Å². The Hall–Kier alpha value is -3.70. The second kappa shape index (κ2) is 9.20. The maximum Gasteiger partial charge on any atom is 0.291 e. The summed E-state index contributed by atoms with van der Waals surface area (Å²) in [5.74, 6) is 0.482. The van der Waals surface area contributed by atoms with Gasteiger partial charge in [-0.05, 0) is 42.8 Å². The standard InChI is InChI=1S/C21H18N4O5S2/c1-11-8-17(24-19(27)16-4-3-7-29-16)32-18(11)20(28)25-21-23-14(10-31-21)15-6-5-13(30-15)9-22-12(2)26/h3-8,10H,9H2,1-2H3,(H,22,26)(H,24,27)(H,23,25,28). The fraction of sp³-hybridized carbons (Fsp3) is 0.143. The van der Waals surface area contributed by atoms with Crippen molar-refractivity contribution < 1.29 is 23.2 Å². The van der Waals surface area contributed by atoms with Crippen molar-refractivity contribution in [2.75, 3.05) is 10.6 Å². The van der Waals surface area contributed by atoms with Crippen molar-refractivity contribution in [2.24, 2.45) is 0 Å². The molecule has 0 fully saturated rings. The zero-order valence-corrected chi connectivity index (χ0v) is 18.7. The number of furan rings is 2. The molecule has 3 amide bonds. The van der Waals surface area contributed by atoms with Crippen LogP contribution in [0.1, 0.15) is 38.5 Å². The van der Waals surface area contributed by atoms with E-state index in [1.807, 2.05) is 0 Å². The van der Waals surface area contributed by atoms with Crippen LogP contribution in [-0.2, 0) is 11.3 Å². The van der Waals surface area contributed by atoms with E-state index in [2.05, 4.69) is 20.9 Å². The van der Waals surface area contributed by atoms with Gasteiger partial charge in [0.05, 0.1) is 22.7 Å². The Morgan fingerprint density at radius 3 is 2.72 bits per heavy atom. The number of carbonyl (C=O) groups is 3. The second-order valence-electron chi connectivity index (χ2n) is 6.72. The van der Waals surface area contributed by atoms with Crippen molar-refractivity contribution >= 4 is 50.5 Å². The number of thiazole rings is 1. The van der Waals surface area contributed by atoms with Crippen LogP contribution in [0.15, 0.2) is 50.8 Å². The quantitative estimate of drug-likeness (QED) is 0.365. The van der Waals surface area contributed by atoms with E-state index in [9.17, 15) is 14.4 Å². The third-order valence-electron chi connectivity index (χ3n) is 4.26. The highest BCUT2D eigenvalue weighted by molar-refractivity contribution is 7.18. The Bertz CT molecular complexity index is 1270. The van der Waals surface area contributed by atoms with Crippen LogP contribution in [0.25, 0.3) is 11.5 Å². The summed E-state index contributed by atoms with van der Waals surface area (Å²) in [5, 5.41) is 10.9. The van der Waals surface area contributed by atoms with Crippen molar-refractivity contribution in [3.63, 3.8) is 0 Å². The van der Waals surface area contributed by atoms with Crippen molar-refractivity contribution in [2.45, 2.75) is 20.4 Å². The van der Waals surface area contributed by atoms with E-state index in [0.29, 0.717) is 38.8 Å². The molecule has 0 aliphatic carbocycles. The number of aromatic nitrogens is 1. The van der Waals surface area contributed by atoms with Crippen LogP contribution < -0.4 is 16.0 Å². The molecular weight excluding hydrogens is 452 g/mol. The Balaban J connectivity index is 1.40. The zero-order chi connectivity index (χ0) is 22.7. The third kappa shape index (κ3) is 4.95. The minimum atomic E-state index is -0.385. The first kappa shape index (κ1) is 21.5. The molecule has 11 heteroatoms. The zero-order valence-electron chi connectivity index (χ0n) is 17.1. The number of nitrogens with zero attached hydrogens (tertiary/aromatic N) is 1. The van der Waals surface area contributed by atoms with Gasteiger partial charge in [0.25, 0.3) is 11.8 Å². The summed E-state index contributed by atoms with van der Waals surface area (Å²) < 4.78 is 10.8. The van der Waals surface area contributed by atoms with E-state index in [0.717, 1.165) is 16.9 Å². The second-order valence-corrected chi connectivity index (χ2v) is 8.63. The molecule has 0 saturated carbocycles. The average molecular weight is 471 g/mol. The van der Waals surface area contributed by atoms with Crippen LogP contribution in [0, 0.1) is 6.92 Å². The van der Waals surface area contributed by atoms with Gasteiger partial charge < -0.3 is 19.5 Å². The first-order chi connectivity index (χ1) is 15.4. The number of nitrogens with one attached hydrogen (secondary N) is 3. The van der Waals surface area contributed by atoms with Gasteiger partial charge in [-0.3, -0.25) is 19.7 Å². The molecule has 0 aliphatic rings. The molecule has 0 aliphatic heterocycles. The molecule has 4 aromatic heterocycles. The highest BCUT2D eigenvalue weighted by Crippen LogP contribution is 2.30. The summed E-state index contributed by atoms with van der Waals surface area (Å²) >= 11 is 2.43. The Kier molecular flexibility index (Phi) is 6.19. The number of rotatable bonds is 7. The lowest BCUT2D eigenvalue weighted by atomic mass is 10.3. The molecule has 32 heavy (non-hydrogen) atoms. The van der Waals surface area contributed by atoms with Gasteiger partial charge in [0.15, 0.2) is 16.7 Å². The number of thiophene rings is 1. The molecule has 4 aromatic rings. The lowest BCUT2D eigenvalue weighted by Crippen LogP contribution is -2.18. The van der Waals surface area contributed by atoms with Gasteiger partial charge in [-0.1, -0.05) is 0 Å². The number of hydrogen-bond acceptors (Lipinski definition) is 8. The summed E-state index contributed by atoms with van der Waals surface area (Å²) in [6.07, 6.45) is 1.42. The largest absolute Gasteiger partial charge is 0.459 e. The minimum Gasteiger partial charge on any atom is -0.459 e. The highest BCUT2D eigenvalue weighted by Gasteiger charge is 2.18. The topological polar surface area (TPSA) is 126 Å². The molecule has 4 rings (SSSR count). The van der Waals surface area contributed by atoms with Crippen LogP contribution in [0.3, 0.4) is 0 Å². The lowest BCUT2D eigenvalue weighted by molar-refractivity contribution is -0.119. The number of hydrogen-bond donors (Lipinski definition) is 3. The molecule has 9 nitrogen and oxygen atoms in total. The summed E-state index contributed by atoms with van der Waals surface area (Å²) in [5.41, 5.74) is 1.31. The predicted octanol–water partition coefficient (Wildman–Crippen LogP) is 4.51. The summed E-state index contributed by atoms with van der Waals surface area (Å²) in [6, 6.07) is 8.44. The Morgan fingerprint density at radius 1 is 1.12 bits per heavy atom. The van der Waals surface area contributed by atoms with Crippen molar-refractivity contribution in [3.8, 4) is 11.5 Å². The van der Waals surface area contributed by atoms with Crippen LogP contribution in [0.5, 0.6) is 0 Å². The molecular formula is C21H18N4O5S2. The van der Waals surface area contributed by atoms with Crippen molar-refractivity contribution in [1.82, 2.24) is 10.3 Å². The fourth-order valence-corrected chi connectivity index (χ4v) is 4.43. The first-order valence-corrected chi connectivity index (χ1v) is 11.1. The van der Waals surface area contributed by atoms with E-state index in [1.54, 1.807) is 42.6 Å². The Morgan fingerprint density at radius 2 is 1.97 bits per heavy atom. The summed E-state index contributed by atoms with van der Waals surface area (Å²) in [6.45, 7) is 3.52. The summed E-state index contributed by atoms with van der Waals surface area (Å²) in [7, 11) is 0. The molecule has 3 N–H and O–H groups in total. The third-order valence-corrected chi connectivity index (χ3v) is 6.17. The number of anilines is 2. The molecule has 0 bridgehead atoms. The minimum absolute atomic E-state index is 0.144. The maximum atomic E-state index is 12.7. The van der Waals surface area contributed by atoms with Gasteiger partial charge in [-0.2, -0.15) is 0 Å². The fourth-order valence-electron chi connectivity index (χ4n) is 2.77. The molecule has 0 aromatic carbocycles. The van der Waals surface area contributed by atoms with E-state index in [1.165, 1.54) is 24.5 Å². The average Bonchev–Trinajstić information content (AvgIpc) is 3.53. The highest BCUT2D eigenvalue weighted by atomic mass is 32.1. The van der Waals surface area contributed by atoms with E-state index in [-0.39, 0.29) is 23.5 Å².